The maximum absolute atomic E-state index is 12.8. The SMILES string of the molecule is CC1(C)CCC(Cc2ccc(Cl)cc2)C1(O)Cn1cncn1.CCS(=O)c1c(C#N)nn(-c2c(Cl)cc(C(F)(F)F)cc2Cl)c1N. The first-order valence-corrected chi connectivity index (χ1v) is 16.5. The molecule has 0 bridgehead atoms. The standard InChI is InChI=1S/C17H22ClN3O.C13H9Cl2F3N4OS/c1-16(2)8-7-14(9-13-3-5-15(18)6-4-13)17(16,22)10-21-12-19-11-20-21;1-2-24(23)11-9(5-19)21-22(12(11)20)10-7(14)3-6(4-8(10)15)13(16,17)18/h3-6,11-12,14,22H,7-10H2,1-2H3;3-4H,2,20H2,1H3. The summed E-state index contributed by atoms with van der Waals surface area (Å²) in [5, 5.41) is 28.6. The maximum Gasteiger partial charge on any atom is 0.416 e. The minimum absolute atomic E-state index is 0.00738. The number of hydrogen-bond donors (Lipinski definition) is 2. The van der Waals surface area contributed by atoms with Crippen LogP contribution >= 0.6 is 34.8 Å². The Kier molecular flexibility index (Phi) is 10.8. The first-order valence-electron chi connectivity index (χ1n) is 14.0. The molecule has 1 aliphatic carbocycles. The predicted molar refractivity (Wildman–Crippen MR) is 171 cm³/mol. The third kappa shape index (κ3) is 7.37. The molecule has 2 heterocycles. The Balaban J connectivity index is 0.000000209. The van der Waals surface area contributed by atoms with Gasteiger partial charge in [0.15, 0.2) is 5.69 Å². The highest BCUT2D eigenvalue weighted by Gasteiger charge is 2.54. The van der Waals surface area contributed by atoms with Crippen LogP contribution in [-0.2, 0) is 29.9 Å². The van der Waals surface area contributed by atoms with Crippen LogP contribution in [-0.4, -0.2) is 45.2 Å². The zero-order chi connectivity index (χ0) is 34.0. The van der Waals surface area contributed by atoms with E-state index in [1.54, 1.807) is 24.0 Å². The first kappa shape index (κ1) is 35.7. The number of hydrogen-bond acceptors (Lipinski definition) is 7. The average molecular weight is 717 g/mol. The molecule has 3 atom stereocenters. The molecular weight excluding hydrogens is 686 g/mol. The minimum atomic E-state index is -4.63. The number of anilines is 1. The van der Waals surface area contributed by atoms with E-state index in [-0.39, 0.29) is 49.2 Å². The number of nitrogens with zero attached hydrogens (tertiary/aromatic N) is 6. The Labute approximate surface area is 281 Å². The lowest BCUT2D eigenvalue weighted by molar-refractivity contribution is -0.137. The van der Waals surface area contributed by atoms with Crippen molar-refractivity contribution in [2.75, 3.05) is 11.5 Å². The summed E-state index contributed by atoms with van der Waals surface area (Å²) in [6, 6.07) is 11.0. The van der Waals surface area contributed by atoms with E-state index in [0.717, 1.165) is 29.0 Å². The van der Waals surface area contributed by atoms with Crippen LogP contribution in [0.5, 0.6) is 0 Å². The number of nitrogens with two attached hydrogens (primary N) is 1. The fourth-order valence-corrected chi connectivity index (χ4v) is 7.27. The number of nitrogen functional groups attached to an aromatic ring is 1. The van der Waals surface area contributed by atoms with E-state index in [0.29, 0.717) is 18.7 Å². The molecule has 1 fully saturated rings. The molecule has 46 heavy (non-hydrogen) atoms. The Hall–Kier alpha value is -3.15. The van der Waals surface area contributed by atoms with Gasteiger partial charge >= 0.3 is 6.18 Å². The average Bonchev–Trinajstić information content (AvgIpc) is 3.67. The van der Waals surface area contributed by atoms with Gasteiger partial charge in [0, 0.05) is 10.8 Å². The summed E-state index contributed by atoms with van der Waals surface area (Å²) in [5.74, 6) is 0.210. The van der Waals surface area contributed by atoms with Crippen molar-refractivity contribution in [3.05, 3.63) is 80.9 Å². The highest BCUT2D eigenvalue weighted by molar-refractivity contribution is 7.85. The quantitative estimate of drug-likeness (QED) is 0.208. The van der Waals surface area contributed by atoms with Crippen LogP contribution in [0.15, 0.2) is 53.9 Å². The Morgan fingerprint density at radius 1 is 1.17 bits per heavy atom. The second kappa shape index (κ2) is 13.9. The van der Waals surface area contributed by atoms with E-state index in [4.69, 9.17) is 45.8 Å². The third-order valence-electron chi connectivity index (χ3n) is 8.26. The molecule has 0 radical (unpaired) electrons. The third-order valence-corrected chi connectivity index (χ3v) is 10.5. The molecule has 3 N–H and O–H groups in total. The maximum atomic E-state index is 12.8. The second-order valence-electron chi connectivity index (χ2n) is 11.5. The zero-order valence-electron chi connectivity index (χ0n) is 25.0. The second-order valence-corrected chi connectivity index (χ2v) is 14.4. The molecule has 5 rings (SSSR count). The lowest BCUT2D eigenvalue weighted by Crippen LogP contribution is -2.49. The Morgan fingerprint density at radius 3 is 2.33 bits per heavy atom. The van der Waals surface area contributed by atoms with Crippen molar-refractivity contribution in [1.82, 2.24) is 24.5 Å². The fraction of sp³-hybridized carbons (Fsp3) is 0.400. The summed E-state index contributed by atoms with van der Waals surface area (Å²) >= 11 is 17.8. The van der Waals surface area contributed by atoms with Gasteiger partial charge < -0.3 is 10.8 Å². The Bertz CT molecular complexity index is 1730. The van der Waals surface area contributed by atoms with Crippen LogP contribution in [0.1, 0.15) is 50.4 Å². The highest BCUT2D eigenvalue weighted by Crippen LogP contribution is 2.51. The fourth-order valence-electron chi connectivity index (χ4n) is 5.58. The number of aliphatic hydroxyl groups is 1. The van der Waals surface area contributed by atoms with Gasteiger partial charge in [0.1, 0.15) is 35.1 Å². The zero-order valence-corrected chi connectivity index (χ0v) is 28.1. The molecule has 0 amide bonds. The van der Waals surface area contributed by atoms with Gasteiger partial charge in [-0.1, -0.05) is 67.7 Å². The molecule has 0 aliphatic heterocycles. The van der Waals surface area contributed by atoms with E-state index in [9.17, 15) is 22.5 Å². The van der Waals surface area contributed by atoms with E-state index in [1.807, 2.05) is 24.3 Å². The number of benzene rings is 2. The van der Waals surface area contributed by atoms with Crippen molar-refractivity contribution >= 4 is 51.4 Å². The predicted octanol–water partition coefficient (Wildman–Crippen LogP) is 7.12. The summed E-state index contributed by atoms with van der Waals surface area (Å²) in [4.78, 5) is 3.98. The van der Waals surface area contributed by atoms with Crippen molar-refractivity contribution in [2.24, 2.45) is 11.3 Å². The van der Waals surface area contributed by atoms with Crippen molar-refractivity contribution in [3.63, 3.8) is 0 Å². The normalized spacial score (nSPS) is 19.7. The number of halogens is 6. The summed E-state index contributed by atoms with van der Waals surface area (Å²) in [6.07, 6.45) is 1.43. The van der Waals surface area contributed by atoms with Crippen LogP contribution in [0.4, 0.5) is 19.0 Å². The number of rotatable bonds is 7. The number of aromatic nitrogens is 5. The molecule has 246 valence electrons. The van der Waals surface area contributed by atoms with Crippen molar-refractivity contribution in [1.29, 1.82) is 5.26 Å². The van der Waals surface area contributed by atoms with Gasteiger partial charge in [-0.2, -0.15) is 28.6 Å². The molecule has 9 nitrogen and oxygen atoms in total. The van der Waals surface area contributed by atoms with E-state index in [2.05, 4.69) is 29.0 Å². The molecule has 16 heteroatoms. The largest absolute Gasteiger partial charge is 0.416 e. The summed E-state index contributed by atoms with van der Waals surface area (Å²) in [7, 11) is -1.60. The van der Waals surface area contributed by atoms with Crippen molar-refractivity contribution < 1.29 is 22.5 Å². The van der Waals surface area contributed by atoms with Crippen molar-refractivity contribution in [3.8, 4) is 11.8 Å². The van der Waals surface area contributed by atoms with Gasteiger partial charge in [0.2, 0.25) is 0 Å². The molecular formula is C30H31Cl3F3N7O2S. The van der Waals surface area contributed by atoms with Crippen LogP contribution in [0.2, 0.25) is 15.1 Å². The lowest BCUT2D eigenvalue weighted by Gasteiger charge is -2.40. The minimum Gasteiger partial charge on any atom is -0.387 e. The topological polar surface area (TPSA) is 136 Å². The van der Waals surface area contributed by atoms with E-state index < -0.39 is 28.1 Å². The first-order chi connectivity index (χ1) is 21.5. The molecule has 0 saturated heterocycles. The van der Waals surface area contributed by atoms with Gasteiger partial charge in [0.05, 0.1) is 38.6 Å². The van der Waals surface area contributed by atoms with Gasteiger partial charge in [-0.25, -0.2) is 9.67 Å². The molecule has 3 unspecified atom stereocenters. The van der Waals surface area contributed by atoms with Crippen LogP contribution in [0.3, 0.4) is 0 Å². The van der Waals surface area contributed by atoms with E-state index in [1.165, 1.54) is 11.9 Å². The smallest absolute Gasteiger partial charge is 0.387 e. The van der Waals surface area contributed by atoms with E-state index >= 15 is 0 Å². The molecule has 2 aromatic carbocycles. The lowest BCUT2D eigenvalue weighted by atomic mass is 9.72. The van der Waals surface area contributed by atoms with Crippen LogP contribution in [0, 0.1) is 22.7 Å². The van der Waals surface area contributed by atoms with Gasteiger partial charge in [-0.05, 0) is 60.4 Å². The van der Waals surface area contributed by atoms with Gasteiger partial charge in [0.25, 0.3) is 0 Å². The number of alkyl halides is 3. The van der Waals surface area contributed by atoms with Crippen LogP contribution < -0.4 is 5.73 Å². The van der Waals surface area contributed by atoms with Gasteiger partial charge in [-0.15, -0.1) is 0 Å². The molecule has 4 aromatic rings. The molecule has 2 aromatic heterocycles. The highest BCUT2D eigenvalue weighted by atomic mass is 35.5. The van der Waals surface area contributed by atoms with Crippen LogP contribution in [0.25, 0.3) is 5.69 Å². The molecule has 1 saturated carbocycles. The molecule has 0 spiro atoms. The van der Waals surface area contributed by atoms with Gasteiger partial charge in [-0.3, -0.25) is 8.89 Å². The summed E-state index contributed by atoms with van der Waals surface area (Å²) in [5.41, 5.74) is 4.77. The van der Waals surface area contributed by atoms with Crippen molar-refractivity contribution in [2.45, 2.75) is 63.3 Å². The Morgan fingerprint density at radius 2 is 1.80 bits per heavy atom. The number of nitriles is 1. The summed E-state index contributed by atoms with van der Waals surface area (Å²) < 4.78 is 53.1. The molecule has 1 aliphatic rings. The monoisotopic (exact) mass is 715 g/mol. The summed E-state index contributed by atoms with van der Waals surface area (Å²) in [6.45, 7) is 6.39.